The highest BCUT2D eigenvalue weighted by molar-refractivity contribution is 6.31. The summed E-state index contributed by atoms with van der Waals surface area (Å²) in [5.41, 5.74) is 0.0571. The summed E-state index contributed by atoms with van der Waals surface area (Å²) in [5.74, 6) is -1.33. The molecule has 24 heavy (non-hydrogen) atoms. The van der Waals surface area contributed by atoms with Gasteiger partial charge in [0.1, 0.15) is 11.3 Å². The summed E-state index contributed by atoms with van der Waals surface area (Å²) in [5, 5.41) is 8.07. The molecule has 0 fully saturated rings. The Morgan fingerprint density at radius 1 is 1.21 bits per heavy atom. The second kappa shape index (κ2) is 6.76. The van der Waals surface area contributed by atoms with Gasteiger partial charge in [0, 0.05) is 10.6 Å². The molecule has 0 saturated carbocycles. The number of aromatic nitrogens is 3. The van der Waals surface area contributed by atoms with Gasteiger partial charge in [-0.1, -0.05) is 35.0 Å². The second-order valence-electron chi connectivity index (χ2n) is 4.93. The van der Waals surface area contributed by atoms with Crippen LogP contribution in [0.15, 0.2) is 47.3 Å². The summed E-state index contributed by atoms with van der Waals surface area (Å²) >= 11 is 5.86. The van der Waals surface area contributed by atoms with Gasteiger partial charge in [-0.2, -0.15) is 4.68 Å². The number of halogens is 2. The third kappa shape index (κ3) is 3.26. The molecule has 3 aromatic rings. The Morgan fingerprint density at radius 2 is 2.00 bits per heavy atom. The molecule has 0 amide bonds. The van der Waals surface area contributed by atoms with Crippen molar-refractivity contribution in [2.75, 3.05) is 0 Å². The van der Waals surface area contributed by atoms with Gasteiger partial charge in [-0.25, -0.2) is 4.39 Å². The van der Waals surface area contributed by atoms with Crippen molar-refractivity contribution in [2.24, 2.45) is 0 Å². The third-order valence-electron chi connectivity index (χ3n) is 3.36. The van der Waals surface area contributed by atoms with E-state index in [4.69, 9.17) is 16.3 Å². The van der Waals surface area contributed by atoms with Crippen molar-refractivity contribution in [3.05, 3.63) is 69.2 Å². The van der Waals surface area contributed by atoms with E-state index >= 15 is 0 Å². The van der Waals surface area contributed by atoms with Crippen LogP contribution in [-0.2, 0) is 22.7 Å². The van der Waals surface area contributed by atoms with Crippen LogP contribution in [0.2, 0.25) is 5.02 Å². The van der Waals surface area contributed by atoms with Crippen molar-refractivity contribution in [1.82, 2.24) is 15.0 Å². The number of fused-ring (bicyclic) bond motifs is 1. The summed E-state index contributed by atoms with van der Waals surface area (Å²) in [6.07, 6.45) is -0.346. The van der Waals surface area contributed by atoms with Crippen LogP contribution in [0.25, 0.3) is 10.9 Å². The number of esters is 1. The number of hydrogen-bond donors (Lipinski definition) is 0. The lowest BCUT2D eigenvalue weighted by atomic mass is 10.1. The molecule has 0 bridgehead atoms. The second-order valence-corrected chi connectivity index (χ2v) is 5.34. The number of carbonyl (C=O) groups excluding carboxylic acids is 1. The molecule has 0 aliphatic carbocycles. The maximum atomic E-state index is 13.6. The lowest BCUT2D eigenvalue weighted by Gasteiger charge is -2.08. The van der Waals surface area contributed by atoms with Crippen molar-refractivity contribution in [3.63, 3.8) is 0 Å². The van der Waals surface area contributed by atoms with E-state index in [1.807, 2.05) is 0 Å². The zero-order valence-corrected chi connectivity index (χ0v) is 13.0. The summed E-state index contributed by atoms with van der Waals surface area (Å²) in [7, 11) is 0. The summed E-state index contributed by atoms with van der Waals surface area (Å²) in [6, 6.07) is 10.8. The van der Waals surface area contributed by atoms with Gasteiger partial charge in [-0.05, 0) is 24.3 Å². The van der Waals surface area contributed by atoms with Crippen molar-refractivity contribution >= 4 is 28.5 Å². The number of rotatable bonds is 4. The lowest BCUT2D eigenvalue weighted by Crippen LogP contribution is -2.27. The normalized spacial score (nSPS) is 10.8. The molecule has 1 aromatic heterocycles. The Kier molecular flexibility index (Phi) is 4.52. The molecule has 0 aliphatic heterocycles. The van der Waals surface area contributed by atoms with E-state index in [-0.39, 0.29) is 17.0 Å². The zero-order chi connectivity index (χ0) is 17.1. The molecular weight excluding hydrogens is 337 g/mol. The van der Waals surface area contributed by atoms with E-state index in [1.54, 1.807) is 24.3 Å². The number of nitrogens with zero attached hydrogens (tertiary/aromatic N) is 3. The fourth-order valence-electron chi connectivity index (χ4n) is 2.14. The molecule has 0 aliphatic rings. The molecule has 0 atom stereocenters. The molecule has 2 aromatic carbocycles. The van der Waals surface area contributed by atoms with Crippen molar-refractivity contribution in [3.8, 4) is 0 Å². The maximum absolute atomic E-state index is 13.6. The fraction of sp³-hybridized carbons (Fsp3) is 0.125. The first-order valence-corrected chi connectivity index (χ1v) is 7.35. The highest BCUT2D eigenvalue weighted by Gasteiger charge is 2.14. The fourth-order valence-corrected chi connectivity index (χ4v) is 2.37. The van der Waals surface area contributed by atoms with E-state index in [2.05, 4.69) is 10.3 Å². The molecule has 3 rings (SSSR count). The van der Waals surface area contributed by atoms with Crippen molar-refractivity contribution in [2.45, 2.75) is 13.2 Å². The Balaban J connectivity index is 1.73. The summed E-state index contributed by atoms with van der Waals surface area (Å²) in [6.45, 7) is -0.415. The van der Waals surface area contributed by atoms with Crippen LogP contribution in [0.3, 0.4) is 0 Å². The molecule has 0 unspecified atom stereocenters. The zero-order valence-electron chi connectivity index (χ0n) is 12.3. The highest BCUT2D eigenvalue weighted by atomic mass is 35.5. The minimum atomic E-state index is -0.733. The van der Waals surface area contributed by atoms with Gasteiger partial charge in [0.25, 0.3) is 5.56 Å². The molecule has 0 radical (unpaired) electrons. The van der Waals surface area contributed by atoms with Gasteiger partial charge in [-0.3, -0.25) is 9.59 Å². The monoisotopic (exact) mass is 347 g/mol. The van der Waals surface area contributed by atoms with Crippen LogP contribution in [0.4, 0.5) is 4.39 Å². The quantitative estimate of drug-likeness (QED) is 0.677. The van der Waals surface area contributed by atoms with Gasteiger partial charge >= 0.3 is 5.97 Å². The molecule has 0 N–H and O–H groups in total. The maximum Gasteiger partial charge on any atom is 0.312 e. The topological polar surface area (TPSA) is 74.1 Å². The van der Waals surface area contributed by atoms with Crippen molar-refractivity contribution in [1.29, 1.82) is 0 Å². The average Bonchev–Trinajstić information content (AvgIpc) is 2.58. The highest BCUT2D eigenvalue weighted by Crippen LogP contribution is 2.19. The Labute approximate surface area is 140 Å². The Morgan fingerprint density at radius 3 is 2.79 bits per heavy atom. The third-order valence-corrected chi connectivity index (χ3v) is 3.71. The predicted molar refractivity (Wildman–Crippen MR) is 85.0 cm³/mol. The number of benzene rings is 2. The molecule has 0 saturated heterocycles. The van der Waals surface area contributed by atoms with E-state index < -0.39 is 24.1 Å². The van der Waals surface area contributed by atoms with E-state index in [9.17, 15) is 14.0 Å². The SMILES string of the molecule is O=C(Cc1c(F)cccc1Cl)OCn1nnc2ccccc2c1=O. The van der Waals surface area contributed by atoms with Crippen LogP contribution < -0.4 is 5.56 Å². The summed E-state index contributed by atoms with van der Waals surface area (Å²) < 4.78 is 19.5. The Hall–Kier alpha value is -2.80. The molecular formula is C16H11ClFN3O3. The van der Waals surface area contributed by atoms with E-state index in [0.717, 1.165) is 4.68 Å². The lowest BCUT2D eigenvalue weighted by molar-refractivity contribution is -0.147. The first kappa shape index (κ1) is 16.1. The van der Waals surface area contributed by atoms with Crippen LogP contribution >= 0.6 is 11.6 Å². The number of ether oxygens (including phenoxy) is 1. The van der Waals surface area contributed by atoms with E-state index in [0.29, 0.717) is 10.9 Å². The van der Waals surface area contributed by atoms with Gasteiger partial charge in [0.05, 0.1) is 11.8 Å². The minimum Gasteiger partial charge on any atom is -0.442 e. The first-order valence-electron chi connectivity index (χ1n) is 6.97. The first-order chi connectivity index (χ1) is 11.6. The van der Waals surface area contributed by atoms with Crippen molar-refractivity contribution < 1.29 is 13.9 Å². The van der Waals surface area contributed by atoms with Crippen LogP contribution in [0.5, 0.6) is 0 Å². The number of carbonyl (C=O) groups is 1. The molecule has 6 nitrogen and oxygen atoms in total. The summed E-state index contributed by atoms with van der Waals surface area (Å²) in [4.78, 5) is 24.0. The van der Waals surface area contributed by atoms with Gasteiger partial charge < -0.3 is 4.74 Å². The predicted octanol–water partition coefficient (Wildman–Crippen LogP) is 2.33. The Bertz CT molecular complexity index is 954. The van der Waals surface area contributed by atoms with E-state index in [1.165, 1.54) is 18.2 Å². The number of hydrogen-bond acceptors (Lipinski definition) is 5. The minimum absolute atomic E-state index is 0.0427. The van der Waals surface area contributed by atoms with Crippen LogP contribution in [0, 0.1) is 5.82 Å². The smallest absolute Gasteiger partial charge is 0.312 e. The van der Waals surface area contributed by atoms with Gasteiger partial charge in [-0.15, -0.1) is 5.10 Å². The largest absolute Gasteiger partial charge is 0.442 e. The molecule has 0 spiro atoms. The molecule has 8 heteroatoms. The van der Waals surface area contributed by atoms with Crippen LogP contribution in [-0.4, -0.2) is 21.0 Å². The van der Waals surface area contributed by atoms with Gasteiger partial charge in [0.15, 0.2) is 6.73 Å². The van der Waals surface area contributed by atoms with Crippen LogP contribution in [0.1, 0.15) is 5.56 Å². The molecule has 1 heterocycles. The molecule has 122 valence electrons. The average molecular weight is 348 g/mol. The standard InChI is InChI=1S/C16H11ClFN3O3/c17-12-5-3-6-13(18)11(12)8-15(22)24-9-21-16(23)10-4-1-2-7-14(10)19-20-21/h1-7H,8-9H2. The van der Waals surface area contributed by atoms with Gasteiger partial charge in [0.2, 0.25) is 0 Å².